The van der Waals surface area contributed by atoms with E-state index < -0.39 is 0 Å². The van der Waals surface area contributed by atoms with E-state index in [0.717, 1.165) is 30.8 Å². The molecule has 1 aromatic rings. The number of nitrogens with zero attached hydrogens (tertiary/aromatic N) is 1. The van der Waals surface area contributed by atoms with Crippen LogP contribution in [0.4, 0.5) is 5.13 Å². The van der Waals surface area contributed by atoms with Gasteiger partial charge in [-0.1, -0.05) is 58.8 Å². The van der Waals surface area contributed by atoms with E-state index in [1.165, 1.54) is 43.4 Å². The van der Waals surface area contributed by atoms with E-state index in [0.29, 0.717) is 0 Å². The summed E-state index contributed by atoms with van der Waals surface area (Å²) in [5, 5.41) is 5.58. The van der Waals surface area contributed by atoms with Crippen LogP contribution in [0, 0.1) is 5.92 Å². The largest absolute Gasteiger partial charge is 0.302 e. The molecular formula is C16H28N2OS. The lowest BCUT2D eigenvalue weighted by Crippen LogP contribution is -2.23. The van der Waals surface area contributed by atoms with Crippen molar-refractivity contribution in [2.24, 2.45) is 5.92 Å². The zero-order valence-corrected chi connectivity index (χ0v) is 13.7. The predicted molar refractivity (Wildman–Crippen MR) is 87.1 cm³/mol. The molecule has 0 aliphatic heterocycles. The molecule has 1 heterocycles. The van der Waals surface area contributed by atoms with Crippen molar-refractivity contribution < 1.29 is 4.79 Å². The van der Waals surface area contributed by atoms with Crippen LogP contribution in [-0.4, -0.2) is 10.9 Å². The molecule has 1 atom stereocenters. The summed E-state index contributed by atoms with van der Waals surface area (Å²) in [5.74, 6) is 0.315. The summed E-state index contributed by atoms with van der Waals surface area (Å²) >= 11 is 1.49. The Labute approximate surface area is 127 Å². The van der Waals surface area contributed by atoms with E-state index >= 15 is 0 Å². The van der Waals surface area contributed by atoms with Crippen molar-refractivity contribution in [1.29, 1.82) is 0 Å². The maximum absolute atomic E-state index is 12.3. The van der Waals surface area contributed by atoms with Gasteiger partial charge in [-0.05, 0) is 12.8 Å². The molecule has 4 heteroatoms. The summed E-state index contributed by atoms with van der Waals surface area (Å²) in [5.41, 5.74) is 0. The fourth-order valence-electron chi connectivity index (χ4n) is 2.36. The third-order valence-corrected chi connectivity index (χ3v) is 4.28. The number of rotatable bonds is 11. The van der Waals surface area contributed by atoms with Gasteiger partial charge in [0.1, 0.15) is 0 Å². The normalized spacial score (nSPS) is 12.3. The summed E-state index contributed by atoms with van der Waals surface area (Å²) in [6.45, 7) is 4.42. The maximum Gasteiger partial charge on any atom is 0.229 e. The topological polar surface area (TPSA) is 42.0 Å². The van der Waals surface area contributed by atoms with Crippen molar-refractivity contribution >= 4 is 22.4 Å². The number of thiazole rings is 1. The molecule has 0 saturated heterocycles. The number of carbonyl (C=O) groups is 1. The molecule has 1 rings (SSSR count). The highest BCUT2D eigenvalue weighted by Gasteiger charge is 2.18. The number of hydrogen-bond acceptors (Lipinski definition) is 3. The quantitative estimate of drug-likeness (QED) is 0.567. The zero-order chi connectivity index (χ0) is 14.6. The van der Waals surface area contributed by atoms with Gasteiger partial charge in [0.2, 0.25) is 5.91 Å². The number of aromatic nitrogens is 1. The fraction of sp³-hybridized carbons (Fsp3) is 0.750. The molecule has 1 unspecified atom stereocenters. The first-order valence-electron chi connectivity index (χ1n) is 7.98. The minimum absolute atomic E-state index is 0.155. The van der Waals surface area contributed by atoms with E-state index in [1.54, 1.807) is 6.20 Å². The highest BCUT2D eigenvalue weighted by Crippen LogP contribution is 2.21. The number of hydrogen-bond donors (Lipinski definition) is 1. The maximum atomic E-state index is 12.3. The highest BCUT2D eigenvalue weighted by molar-refractivity contribution is 7.13. The van der Waals surface area contributed by atoms with Crippen molar-refractivity contribution in [2.45, 2.75) is 71.6 Å². The first-order chi connectivity index (χ1) is 9.77. The molecule has 0 aliphatic carbocycles. The number of amides is 1. The SMILES string of the molecule is CCCCCCC(CCCCC)C(=O)Nc1nccs1. The lowest BCUT2D eigenvalue weighted by molar-refractivity contribution is -0.120. The summed E-state index contributed by atoms with van der Waals surface area (Å²) in [4.78, 5) is 16.5. The van der Waals surface area contributed by atoms with Crippen molar-refractivity contribution in [2.75, 3.05) is 5.32 Å². The predicted octanol–water partition coefficient (Wildman–Crippen LogP) is 5.25. The monoisotopic (exact) mass is 296 g/mol. The van der Waals surface area contributed by atoms with Crippen LogP contribution in [0.25, 0.3) is 0 Å². The Morgan fingerprint density at radius 2 is 1.80 bits per heavy atom. The van der Waals surface area contributed by atoms with Gasteiger partial charge in [0, 0.05) is 17.5 Å². The number of carbonyl (C=O) groups excluding carboxylic acids is 1. The minimum atomic E-state index is 0.155. The molecule has 0 saturated carbocycles. The van der Waals surface area contributed by atoms with Gasteiger partial charge in [-0.3, -0.25) is 4.79 Å². The molecule has 0 aliphatic rings. The van der Waals surface area contributed by atoms with Crippen LogP contribution in [0.2, 0.25) is 0 Å². The lowest BCUT2D eigenvalue weighted by Gasteiger charge is -2.15. The Morgan fingerprint density at radius 3 is 2.40 bits per heavy atom. The molecule has 0 spiro atoms. The third-order valence-electron chi connectivity index (χ3n) is 3.60. The molecule has 20 heavy (non-hydrogen) atoms. The van der Waals surface area contributed by atoms with E-state index in [9.17, 15) is 4.79 Å². The summed E-state index contributed by atoms with van der Waals surface area (Å²) in [6.07, 6.45) is 12.3. The smallest absolute Gasteiger partial charge is 0.229 e. The molecule has 0 fully saturated rings. The van der Waals surface area contributed by atoms with Crippen LogP contribution >= 0.6 is 11.3 Å². The molecular weight excluding hydrogens is 268 g/mol. The Hall–Kier alpha value is -0.900. The molecule has 0 aromatic carbocycles. The molecule has 114 valence electrons. The van der Waals surface area contributed by atoms with E-state index in [4.69, 9.17) is 0 Å². The van der Waals surface area contributed by atoms with Crippen molar-refractivity contribution in [3.05, 3.63) is 11.6 Å². The van der Waals surface area contributed by atoms with Crippen LogP contribution in [0.5, 0.6) is 0 Å². The average molecular weight is 296 g/mol. The molecule has 1 amide bonds. The molecule has 3 nitrogen and oxygen atoms in total. The van der Waals surface area contributed by atoms with E-state index in [2.05, 4.69) is 24.1 Å². The summed E-state index contributed by atoms with van der Waals surface area (Å²) in [6, 6.07) is 0. The third kappa shape index (κ3) is 7.04. The zero-order valence-electron chi connectivity index (χ0n) is 12.9. The van der Waals surface area contributed by atoms with Gasteiger partial charge < -0.3 is 5.32 Å². The van der Waals surface area contributed by atoms with Gasteiger partial charge >= 0.3 is 0 Å². The highest BCUT2D eigenvalue weighted by atomic mass is 32.1. The number of unbranched alkanes of at least 4 members (excludes halogenated alkanes) is 5. The van der Waals surface area contributed by atoms with Gasteiger partial charge in [-0.25, -0.2) is 4.98 Å². The summed E-state index contributed by atoms with van der Waals surface area (Å²) in [7, 11) is 0. The van der Waals surface area contributed by atoms with Crippen LogP contribution in [-0.2, 0) is 4.79 Å². The Morgan fingerprint density at radius 1 is 1.15 bits per heavy atom. The van der Waals surface area contributed by atoms with Gasteiger partial charge in [-0.2, -0.15) is 0 Å². The second-order valence-electron chi connectivity index (χ2n) is 5.37. The van der Waals surface area contributed by atoms with Gasteiger partial charge in [0.25, 0.3) is 0 Å². The molecule has 1 aromatic heterocycles. The standard InChI is InChI=1S/C16H28N2OS/c1-3-5-7-9-11-14(10-8-6-4-2)15(19)18-16-17-12-13-20-16/h12-14H,3-11H2,1-2H3,(H,17,18,19). The molecule has 0 bridgehead atoms. The van der Waals surface area contributed by atoms with Crippen LogP contribution < -0.4 is 5.32 Å². The first-order valence-corrected chi connectivity index (χ1v) is 8.86. The Bertz CT molecular complexity index is 351. The minimum Gasteiger partial charge on any atom is -0.302 e. The summed E-state index contributed by atoms with van der Waals surface area (Å²) < 4.78 is 0. The van der Waals surface area contributed by atoms with E-state index in [1.807, 2.05) is 5.38 Å². The van der Waals surface area contributed by atoms with Crippen LogP contribution in [0.15, 0.2) is 11.6 Å². The first kappa shape index (κ1) is 17.2. The molecule has 1 N–H and O–H groups in total. The van der Waals surface area contributed by atoms with Gasteiger partial charge in [-0.15, -0.1) is 11.3 Å². The van der Waals surface area contributed by atoms with Crippen molar-refractivity contribution in [3.8, 4) is 0 Å². The van der Waals surface area contributed by atoms with Crippen LogP contribution in [0.1, 0.15) is 71.6 Å². The van der Waals surface area contributed by atoms with Gasteiger partial charge in [0.05, 0.1) is 0 Å². The number of nitrogens with one attached hydrogen (secondary N) is 1. The second kappa shape index (κ2) is 10.8. The molecule has 0 radical (unpaired) electrons. The fourth-order valence-corrected chi connectivity index (χ4v) is 2.89. The van der Waals surface area contributed by atoms with Gasteiger partial charge in [0.15, 0.2) is 5.13 Å². The van der Waals surface area contributed by atoms with Crippen molar-refractivity contribution in [1.82, 2.24) is 4.98 Å². The lowest BCUT2D eigenvalue weighted by atomic mass is 9.94. The average Bonchev–Trinajstić information content (AvgIpc) is 2.94. The Kier molecular flexibility index (Phi) is 9.29. The Balaban J connectivity index is 2.40. The van der Waals surface area contributed by atoms with Crippen molar-refractivity contribution in [3.63, 3.8) is 0 Å². The number of anilines is 1. The van der Waals surface area contributed by atoms with E-state index in [-0.39, 0.29) is 11.8 Å². The van der Waals surface area contributed by atoms with Crippen LogP contribution in [0.3, 0.4) is 0 Å². The second-order valence-corrected chi connectivity index (χ2v) is 6.26.